The molecule has 0 spiro atoms. The van der Waals surface area contributed by atoms with Crippen LogP contribution in [0.1, 0.15) is 16.1 Å². The number of carbonyl (C=O) groups excluding carboxylic acids is 2. The topological polar surface area (TPSA) is 71.1 Å². The van der Waals surface area contributed by atoms with E-state index in [0.29, 0.717) is 18.7 Å². The molecule has 2 aromatic carbocycles. The molecular formula is C21H20FN3O2S. The van der Waals surface area contributed by atoms with Crippen LogP contribution in [0.15, 0.2) is 48.5 Å². The lowest BCUT2D eigenvalue weighted by molar-refractivity contribution is -0.136. The lowest BCUT2D eigenvalue weighted by Crippen LogP contribution is -2.36. The zero-order valence-electron chi connectivity index (χ0n) is 15.6. The Morgan fingerprint density at radius 2 is 1.86 bits per heavy atom. The van der Waals surface area contributed by atoms with Gasteiger partial charge in [0.1, 0.15) is 10.8 Å². The number of hydrogen-bond donors (Lipinski definition) is 2. The van der Waals surface area contributed by atoms with Crippen molar-refractivity contribution < 1.29 is 14.0 Å². The molecular weight excluding hydrogens is 377 g/mol. The molecule has 5 nitrogen and oxygen atoms in total. The van der Waals surface area contributed by atoms with Gasteiger partial charge in [0.05, 0.1) is 5.69 Å². The molecule has 1 heterocycles. The van der Waals surface area contributed by atoms with Crippen molar-refractivity contribution in [2.24, 2.45) is 0 Å². The fraction of sp³-hybridized carbons (Fsp3) is 0.190. The van der Waals surface area contributed by atoms with Crippen LogP contribution in [-0.4, -0.2) is 23.3 Å². The van der Waals surface area contributed by atoms with E-state index in [4.69, 9.17) is 0 Å². The number of amides is 2. The van der Waals surface area contributed by atoms with Gasteiger partial charge in [-0.15, -0.1) is 11.3 Å². The van der Waals surface area contributed by atoms with Gasteiger partial charge < -0.3 is 10.6 Å². The molecule has 1 aromatic heterocycles. The van der Waals surface area contributed by atoms with E-state index in [1.165, 1.54) is 23.5 Å². The first-order chi connectivity index (χ1) is 13.4. The smallest absolute Gasteiger partial charge is 0.313 e. The van der Waals surface area contributed by atoms with Crippen LogP contribution in [0, 0.1) is 19.7 Å². The average Bonchev–Trinajstić information content (AvgIpc) is 3.04. The van der Waals surface area contributed by atoms with Crippen LogP contribution >= 0.6 is 11.3 Å². The summed E-state index contributed by atoms with van der Waals surface area (Å²) in [6.45, 7) is 4.04. The standard InChI is InChI=1S/C21H20FN3O2S/c1-13-6-3-4-9-17(13)25-20(27)19(26)23-11-10-18-14(2)24-21(28-18)15-7-5-8-16(22)12-15/h3-9,12H,10-11H2,1-2H3,(H,23,26)(H,25,27). The largest absolute Gasteiger partial charge is 0.347 e. The van der Waals surface area contributed by atoms with Gasteiger partial charge in [-0.05, 0) is 37.6 Å². The van der Waals surface area contributed by atoms with Crippen molar-refractivity contribution in [3.63, 3.8) is 0 Å². The number of carbonyl (C=O) groups is 2. The van der Waals surface area contributed by atoms with Crippen LogP contribution in [-0.2, 0) is 16.0 Å². The van der Waals surface area contributed by atoms with Crippen molar-refractivity contribution in [3.8, 4) is 10.6 Å². The van der Waals surface area contributed by atoms with Crippen LogP contribution in [0.5, 0.6) is 0 Å². The predicted octanol–water partition coefficient (Wildman–Crippen LogP) is 3.86. The van der Waals surface area contributed by atoms with Crippen molar-refractivity contribution in [2.45, 2.75) is 20.3 Å². The van der Waals surface area contributed by atoms with E-state index >= 15 is 0 Å². The van der Waals surface area contributed by atoms with E-state index in [0.717, 1.165) is 26.7 Å². The Bertz CT molecular complexity index is 1020. The van der Waals surface area contributed by atoms with Gasteiger partial charge in [-0.25, -0.2) is 9.37 Å². The normalized spacial score (nSPS) is 10.5. The predicted molar refractivity (Wildman–Crippen MR) is 109 cm³/mol. The van der Waals surface area contributed by atoms with Gasteiger partial charge >= 0.3 is 11.8 Å². The Hall–Kier alpha value is -3.06. The molecule has 0 aliphatic rings. The number of para-hydroxylation sites is 1. The first kappa shape index (κ1) is 19.7. The number of aromatic nitrogens is 1. The second-order valence-electron chi connectivity index (χ2n) is 6.31. The fourth-order valence-electron chi connectivity index (χ4n) is 2.67. The molecule has 0 unspecified atom stereocenters. The molecule has 144 valence electrons. The number of nitrogens with one attached hydrogen (secondary N) is 2. The number of rotatable bonds is 5. The zero-order chi connectivity index (χ0) is 20.1. The van der Waals surface area contributed by atoms with Crippen molar-refractivity contribution in [2.75, 3.05) is 11.9 Å². The van der Waals surface area contributed by atoms with E-state index in [9.17, 15) is 14.0 Å². The van der Waals surface area contributed by atoms with Gasteiger partial charge in [-0.2, -0.15) is 0 Å². The molecule has 0 saturated carbocycles. The average molecular weight is 397 g/mol. The molecule has 0 atom stereocenters. The van der Waals surface area contributed by atoms with Gasteiger partial charge in [0.15, 0.2) is 0 Å². The van der Waals surface area contributed by atoms with Crippen molar-refractivity contribution in [3.05, 3.63) is 70.5 Å². The molecule has 0 fully saturated rings. The van der Waals surface area contributed by atoms with Crippen LogP contribution < -0.4 is 10.6 Å². The van der Waals surface area contributed by atoms with Gasteiger partial charge in [0.25, 0.3) is 0 Å². The van der Waals surface area contributed by atoms with Gasteiger partial charge in [-0.1, -0.05) is 30.3 Å². The monoisotopic (exact) mass is 397 g/mol. The highest BCUT2D eigenvalue weighted by molar-refractivity contribution is 7.15. The maximum absolute atomic E-state index is 13.4. The first-order valence-corrected chi connectivity index (χ1v) is 9.63. The Morgan fingerprint density at radius 3 is 2.61 bits per heavy atom. The summed E-state index contributed by atoms with van der Waals surface area (Å²) >= 11 is 1.46. The van der Waals surface area contributed by atoms with E-state index in [-0.39, 0.29) is 5.82 Å². The molecule has 0 aliphatic carbocycles. The Labute approximate surface area is 166 Å². The number of anilines is 1. The minimum absolute atomic E-state index is 0.307. The van der Waals surface area contributed by atoms with E-state index in [1.54, 1.807) is 18.2 Å². The number of nitrogens with zero attached hydrogens (tertiary/aromatic N) is 1. The molecule has 2 amide bonds. The number of halogens is 1. The Kier molecular flexibility index (Phi) is 6.16. The second-order valence-corrected chi connectivity index (χ2v) is 7.40. The summed E-state index contributed by atoms with van der Waals surface area (Å²) in [5.74, 6) is -1.69. The van der Waals surface area contributed by atoms with Crippen LogP contribution in [0.4, 0.5) is 10.1 Å². The summed E-state index contributed by atoms with van der Waals surface area (Å²) in [5.41, 5.74) is 3.05. The molecule has 28 heavy (non-hydrogen) atoms. The molecule has 0 saturated heterocycles. The quantitative estimate of drug-likeness (QED) is 0.642. The molecule has 2 N–H and O–H groups in total. The molecule has 0 radical (unpaired) electrons. The highest BCUT2D eigenvalue weighted by atomic mass is 32.1. The van der Waals surface area contributed by atoms with Crippen LogP contribution in [0.2, 0.25) is 0 Å². The first-order valence-electron chi connectivity index (χ1n) is 8.81. The molecule has 0 bridgehead atoms. The van der Waals surface area contributed by atoms with E-state index in [1.807, 2.05) is 32.0 Å². The summed E-state index contributed by atoms with van der Waals surface area (Å²) < 4.78 is 13.4. The Morgan fingerprint density at radius 1 is 1.07 bits per heavy atom. The lowest BCUT2D eigenvalue weighted by atomic mass is 10.2. The highest BCUT2D eigenvalue weighted by Gasteiger charge is 2.15. The summed E-state index contributed by atoms with van der Waals surface area (Å²) in [6, 6.07) is 13.6. The van der Waals surface area contributed by atoms with Crippen molar-refractivity contribution in [1.82, 2.24) is 10.3 Å². The van der Waals surface area contributed by atoms with Crippen LogP contribution in [0.25, 0.3) is 10.6 Å². The van der Waals surface area contributed by atoms with Crippen molar-refractivity contribution in [1.29, 1.82) is 0 Å². The molecule has 0 aliphatic heterocycles. The number of aryl methyl sites for hydroxylation is 2. The molecule has 3 rings (SSSR count). The van der Waals surface area contributed by atoms with Gasteiger partial charge in [0.2, 0.25) is 0 Å². The van der Waals surface area contributed by atoms with Gasteiger partial charge in [-0.3, -0.25) is 9.59 Å². The molecule has 3 aromatic rings. The number of hydrogen-bond acceptors (Lipinski definition) is 4. The maximum atomic E-state index is 13.4. The third kappa shape index (κ3) is 4.80. The summed E-state index contributed by atoms with van der Waals surface area (Å²) in [5, 5.41) is 5.96. The second kappa shape index (κ2) is 8.75. The SMILES string of the molecule is Cc1ccccc1NC(=O)C(=O)NCCc1sc(-c2cccc(F)c2)nc1C. The van der Waals surface area contributed by atoms with Crippen LogP contribution in [0.3, 0.4) is 0 Å². The minimum atomic E-state index is -0.698. The number of thiazole rings is 1. The van der Waals surface area contributed by atoms with E-state index in [2.05, 4.69) is 15.6 Å². The van der Waals surface area contributed by atoms with E-state index < -0.39 is 11.8 Å². The van der Waals surface area contributed by atoms with Crippen molar-refractivity contribution >= 4 is 28.8 Å². The fourth-order valence-corrected chi connectivity index (χ4v) is 3.73. The lowest BCUT2D eigenvalue weighted by Gasteiger charge is -2.08. The van der Waals surface area contributed by atoms with Gasteiger partial charge in [0, 0.05) is 29.1 Å². The number of benzene rings is 2. The Balaban J connectivity index is 1.55. The minimum Gasteiger partial charge on any atom is -0.347 e. The third-order valence-corrected chi connectivity index (χ3v) is 5.47. The molecule has 7 heteroatoms. The third-order valence-electron chi connectivity index (χ3n) is 4.20. The summed E-state index contributed by atoms with van der Waals surface area (Å²) in [7, 11) is 0. The highest BCUT2D eigenvalue weighted by Crippen LogP contribution is 2.28. The zero-order valence-corrected chi connectivity index (χ0v) is 16.4. The summed E-state index contributed by atoms with van der Waals surface area (Å²) in [6.07, 6.45) is 0.544. The summed E-state index contributed by atoms with van der Waals surface area (Å²) in [4.78, 5) is 29.5. The maximum Gasteiger partial charge on any atom is 0.313 e.